The zero-order valence-corrected chi connectivity index (χ0v) is 30.6. The zero-order valence-electron chi connectivity index (χ0n) is 29.8. The summed E-state index contributed by atoms with van der Waals surface area (Å²) in [4.78, 5) is 10.2. The van der Waals surface area contributed by atoms with Gasteiger partial charge < -0.3 is 0 Å². The molecule has 1 N–H and O–H groups in total. The van der Waals surface area contributed by atoms with Gasteiger partial charge in [0.25, 0.3) is 0 Å². The lowest BCUT2D eigenvalue weighted by atomic mass is 9.94. The first-order valence-electron chi connectivity index (χ1n) is 18.4. The summed E-state index contributed by atoms with van der Waals surface area (Å²) in [7, 11) is 0. The number of amidine groups is 2. The Kier molecular flexibility index (Phi) is 8.16. The van der Waals surface area contributed by atoms with Crippen LogP contribution < -0.4 is 0 Å². The standard InChI is InChI=1S/C51H33N3S/c52-50(36-26-24-34(25-27-36)33-12-2-1-3-13-33)54-51(39-17-10-16-37(30-39)42-21-11-22-45-44-20-8-9-23-48(44)55-49(42)45)53-32-47-41-19-7-5-15-38(41)31-46-40-18-6-4-14-35(40)28-29-43(46)47/h1-32,52H. The first-order valence-corrected chi connectivity index (χ1v) is 19.2. The van der Waals surface area contributed by atoms with Crippen molar-refractivity contribution in [3.05, 3.63) is 205 Å². The highest BCUT2D eigenvalue weighted by Gasteiger charge is 2.14. The third-order valence-electron chi connectivity index (χ3n) is 10.4. The van der Waals surface area contributed by atoms with E-state index in [9.17, 15) is 5.41 Å². The van der Waals surface area contributed by atoms with Crippen molar-refractivity contribution in [1.82, 2.24) is 0 Å². The molecule has 1 heterocycles. The van der Waals surface area contributed by atoms with Crippen molar-refractivity contribution in [2.24, 2.45) is 9.98 Å². The molecule has 0 aliphatic carbocycles. The Labute approximate surface area is 322 Å². The Morgan fingerprint density at radius 3 is 1.98 bits per heavy atom. The molecule has 10 rings (SSSR count). The van der Waals surface area contributed by atoms with Gasteiger partial charge in [0.05, 0.1) is 0 Å². The summed E-state index contributed by atoms with van der Waals surface area (Å²) < 4.78 is 2.53. The quantitative estimate of drug-likeness (QED) is 0.0797. The fourth-order valence-corrected chi connectivity index (χ4v) is 8.95. The van der Waals surface area contributed by atoms with Gasteiger partial charge >= 0.3 is 0 Å². The number of aliphatic imine (C=N–C) groups is 2. The van der Waals surface area contributed by atoms with Crippen LogP contribution in [0.5, 0.6) is 0 Å². The van der Waals surface area contributed by atoms with Gasteiger partial charge in [0.2, 0.25) is 0 Å². The van der Waals surface area contributed by atoms with E-state index in [1.807, 2.05) is 53.9 Å². The third-order valence-corrected chi connectivity index (χ3v) is 11.7. The molecule has 0 atom stereocenters. The summed E-state index contributed by atoms with van der Waals surface area (Å²) in [6.07, 6.45) is 1.95. The second-order valence-corrected chi connectivity index (χ2v) is 14.8. The maximum Gasteiger partial charge on any atom is 0.161 e. The average Bonchev–Trinajstić information content (AvgIpc) is 3.64. The van der Waals surface area contributed by atoms with Crippen molar-refractivity contribution < 1.29 is 0 Å². The number of benzene rings is 9. The van der Waals surface area contributed by atoms with E-state index in [1.165, 1.54) is 41.9 Å². The average molecular weight is 720 g/mol. The summed E-state index contributed by atoms with van der Waals surface area (Å²) in [5, 5.41) is 18.8. The Balaban J connectivity index is 1.13. The molecule has 0 unspecified atom stereocenters. The van der Waals surface area contributed by atoms with Gasteiger partial charge in [-0.25, -0.2) is 9.98 Å². The number of hydrogen-bond acceptors (Lipinski definition) is 2. The predicted molar refractivity (Wildman–Crippen MR) is 237 cm³/mol. The number of nitrogens with one attached hydrogen (secondary N) is 1. The Hall–Kier alpha value is -7.01. The number of hydrogen-bond donors (Lipinski definition) is 1. The van der Waals surface area contributed by atoms with Crippen LogP contribution >= 0.6 is 11.3 Å². The number of nitrogens with zero attached hydrogens (tertiary/aromatic N) is 2. The van der Waals surface area contributed by atoms with Crippen molar-refractivity contribution in [3.8, 4) is 22.3 Å². The summed E-state index contributed by atoms with van der Waals surface area (Å²) >= 11 is 1.82. The fourth-order valence-electron chi connectivity index (χ4n) is 7.71. The lowest BCUT2D eigenvalue weighted by Crippen LogP contribution is -2.05. The van der Waals surface area contributed by atoms with Crippen molar-refractivity contribution in [1.29, 1.82) is 5.41 Å². The van der Waals surface area contributed by atoms with Crippen LogP contribution in [0.2, 0.25) is 0 Å². The van der Waals surface area contributed by atoms with Gasteiger partial charge in [-0.05, 0) is 72.8 Å². The second kappa shape index (κ2) is 13.8. The van der Waals surface area contributed by atoms with Crippen LogP contribution in [0.25, 0.3) is 74.7 Å². The molecule has 0 saturated heterocycles. The first-order chi connectivity index (χ1) is 27.2. The molecule has 10 aromatic rings. The lowest BCUT2D eigenvalue weighted by molar-refractivity contribution is 1.40. The highest BCUT2D eigenvalue weighted by molar-refractivity contribution is 7.26. The smallest absolute Gasteiger partial charge is 0.161 e. The lowest BCUT2D eigenvalue weighted by Gasteiger charge is -2.11. The summed E-state index contributed by atoms with van der Waals surface area (Å²) in [6.45, 7) is 0. The van der Waals surface area contributed by atoms with E-state index in [2.05, 4.69) is 152 Å². The van der Waals surface area contributed by atoms with Crippen LogP contribution in [-0.2, 0) is 0 Å². The van der Waals surface area contributed by atoms with Gasteiger partial charge in [-0.2, -0.15) is 0 Å². The zero-order chi connectivity index (χ0) is 36.7. The van der Waals surface area contributed by atoms with E-state index in [1.54, 1.807) is 0 Å². The molecule has 0 spiro atoms. The molecule has 0 radical (unpaired) electrons. The van der Waals surface area contributed by atoms with Crippen molar-refractivity contribution in [2.75, 3.05) is 0 Å². The molecule has 0 bridgehead atoms. The minimum absolute atomic E-state index is 0.151. The Bertz CT molecular complexity index is 3150. The second-order valence-electron chi connectivity index (χ2n) is 13.7. The maximum atomic E-state index is 9.25. The monoisotopic (exact) mass is 719 g/mol. The van der Waals surface area contributed by atoms with E-state index < -0.39 is 0 Å². The summed E-state index contributed by atoms with van der Waals surface area (Å²) in [6, 6.07) is 65.6. The van der Waals surface area contributed by atoms with Crippen LogP contribution in [0.1, 0.15) is 16.7 Å². The molecule has 258 valence electrons. The summed E-state index contributed by atoms with van der Waals surface area (Å²) in [5.41, 5.74) is 7.07. The highest BCUT2D eigenvalue weighted by atomic mass is 32.1. The van der Waals surface area contributed by atoms with Crippen LogP contribution in [0.3, 0.4) is 0 Å². The molecular weight excluding hydrogens is 687 g/mol. The van der Waals surface area contributed by atoms with Gasteiger partial charge in [-0.3, -0.25) is 5.41 Å². The molecule has 4 heteroatoms. The van der Waals surface area contributed by atoms with E-state index in [-0.39, 0.29) is 5.84 Å². The Morgan fingerprint density at radius 2 is 1.13 bits per heavy atom. The number of rotatable bonds is 5. The minimum atomic E-state index is 0.151. The topological polar surface area (TPSA) is 48.6 Å². The van der Waals surface area contributed by atoms with Crippen LogP contribution in [0.15, 0.2) is 198 Å². The SMILES string of the molecule is N=C(N=C(N=Cc1c2ccccc2cc2c1ccc1ccccc12)c1cccc(-c2cccc3c2sc2ccccc23)c1)c1ccc(-c2ccccc2)cc1. The fraction of sp³-hybridized carbons (Fsp3) is 0. The van der Waals surface area contributed by atoms with Gasteiger partial charge in [-0.15, -0.1) is 11.3 Å². The molecule has 55 heavy (non-hydrogen) atoms. The van der Waals surface area contributed by atoms with E-state index in [0.717, 1.165) is 49.5 Å². The molecule has 0 aliphatic heterocycles. The van der Waals surface area contributed by atoms with E-state index in [4.69, 9.17) is 9.98 Å². The molecule has 0 fully saturated rings. The first kappa shape index (κ1) is 32.6. The van der Waals surface area contributed by atoms with E-state index in [0.29, 0.717) is 5.84 Å². The molecule has 3 nitrogen and oxygen atoms in total. The van der Waals surface area contributed by atoms with Crippen LogP contribution in [-0.4, -0.2) is 17.9 Å². The predicted octanol–water partition coefficient (Wildman–Crippen LogP) is 13.7. The van der Waals surface area contributed by atoms with Crippen molar-refractivity contribution in [2.45, 2.75) is 0 Å². The number of thiophene rings is 1. The molecule has 0 amide bonds. The molecule has 0 aliphatic rings. The van der Waals surface area contributed by atoms with Crippen molar-refractivity contribution >= 4 is 81.7 Å². The van der Waals surface area contributed by atoms with E-state index >= 15 is 0 Å². The van der Waals surface area contributed by atoms with Gasteiger partial charge in [0.15, 0.2) is 11.7 Å². The van der Waals surface area contributed by atoms with Crippen LogP contribution in [0.4, 0.5) is 0 Å². The molecule has 1 aromatic heterocycles. The largest absolute Gasteiger partial charge is 0.282 e. The maximum absolute atomic E-state index is 9.25. The van der Waals surface area contributed by atoms with Gasteiger partial charge in [0, 0.05) is 43.1 Å². The normalized spacial score (nSPS) is 12.1. The molecular formula is C51H33N3S. The third kappa shape index (κ3) is 5.99. The summed E-state index contributed by atoms with van der Waals surface area (Å²) in [5.74, 6) is 0.627. The molecule has 9 aromatic carbocycles. The van der Waals surface area contributed by atoms with Crippen LogP contribution in [0, 0.1) is 5.41 Å². The van der Waals surface area contributed by atoms with Crippen molar-refractivity contribution in [3.63, 3.8) is 0 Å². The minimum Gasteiger partial charge on any atom is -0.282 e. The van der Waals surface area contributed by atoms with Gasteiger partial charge in [-0.1, -0.05) is 170 Å². The van der Waals surface area contributed by atoms with Gasteiger partial charge in [0.1, 0.15) is 0 Å². The number of fused-ring (bicyclic) bond motifs is 7. The Morgan fingerprint density at radius 1 is 0.455 bits per heavy atom. The highest BCUT2D eigenvalue weighted by Crippen LogP contribution is 2.40. The molecule has 0 saturated carbocycles.